The molecule has 0 amide bonds. The second-order valence-corrected chi connectivity index (χ2v) is 4.68. The van der Waals surface area contributed by atoms with Gasteiger partial charge in [0, 0.05) is 18.2 Å². The van der Waals surface area contributed by atoms with Crippen molar-refractivity contribution in [1.29, 1.82) is 0 Å². The summed E-state index contributed by atoms with van der Waals surface area (Å²) in [4.78, 5) is 9.88. The molecule has 0 bridgehead atoms. The van der Waals surface area contributed by atoms with E-state index in [0.29, 0.717) is 6.54 Å². The van der Waals surface area contributed by atoms with E-state index in [0.717, 1.165) is 5.56 Å². The Bertz CT molecular complexity index is 397. The molecule has 0 aliphatic carbocycles. The molecule has 5 nitrogen and oxygen atoms in total. The Morgan fingerprint density at radius 3 is 2.50 bits per heavy atom. The monoisotopic (exact) mass is 224 g/mol. The van der Waals surface area contributed by atoms with Gasteiger partial charge in [0.2, 0.25) is 0 Å². The topological polar surface area (TPSA) is 75.4 Å². The molecule has 88 valence electrons. The number of nitro groups is 1. The second kappa shape index (κ2) is 4.49. The summed E-state index contributed by atoms with van der Waals surface area (Å²) in [6, 6.07) is 4.36. The first kappa shape index (κ1) is 12.4. The van der Waals surface area contributed by atoms with Gasteiger partial charge in [-0.25, -0.2) is 0 Å². The molecule has 0 unspecified atom stereocenters. The Kier molecular flexibility index (Phi) is 3.49. The van der Waals surface area contributed by atoms with Gasteiger partial charge in [0.05, 0.1) is 4.92 Å². The van der Waals surface area contributed by atoms with Gasteiger partial charge in [-0.2, -0.15) is 0 Å². The van der Waals surface area contributed by atoms with Gasteiger partial charge in [-0.05, 0) is 32.4 Å². The maximum Gasteiger partial charge on any atom is 0.310 e. The lowest BCUT2D eigenvalue weighted by molar-refractivity contribution is -0.385. The third-order valence-electron chi connectivity index (χ3n) is 2.06. The highest BCUT2D eigenvalue weighted by Gasteiger charge is 2.14. The summed E-state index contributed by atoms with van der Waals surface area (Å²) >= 11 is 0. The molecular formula is C11H16N2O3. The van der Waals surface area contributed by atoms with Gasteiger partial charge in [0.1, 0.15) is 0 Å². The quantitative estimate of drug-likeness (QED) is 0.609. The van der Waals surface area contributed by atoms with Gasteiger partial charge in [-0.15, -0.1) is 0 Å². The molecule has 0 aliphatic heterocycles. The van der Waals surface area contributed by atoms with Crippen LogP contribution in [-0.4, -0.2) is 15.6 Å². The molecular weight excluding hydrogens is 208 g/mol. The van der Waals surface area contributed by atoms with Gasteiger partial charge < -0.3 is 10.4 Å². The van der Waals surface area contributed by atoms with E-state index in [-0.39, 0.29) is 17.0 Å². The fraction of sp³-hybridized carbons (Fsp3) is 0.455. The van der Waals surface area contributed by atoms with Gasteiger partial charge in [0.15, 0.2) is 5.75 Å². The van der Waals surface area contributed by atoms with Crippen LogP contribution in [0.4, 0.5) is 5.69 Å². The number of phenols is 1. The van der Waals surface area contributed by atoms with Crippen molar-refractivity contribution in [3.05, 3.63) is 33.9 Å². The van der Waals surface area contributed by atoms with E-state index in [1.165, 1.54) is 12.1 Å². The fourth-order valence-corrected chi connectivity index (χ4v) is 1.20. The SMILES string of the molecule is CC(C)(C)NCc1ccc([N+](=O)[O-])c(O)c1. The van der Waals surface area contributed by atoms with Crippen LogP contribution in [0.5, 0.6) is 5.75 Å². The minimum Gasteiger partial charge on any atom is -0.502 e. The third-order valence-corrected chi connectivity index (χ3v) is 2.06. The summed E-state index contributed by atoms with van der Waals surface area (Å²) in [5.41, 5.74) is 0.523. The van der Waals surface area contributed by atoms with Crippen molar-refractivity contribution in [3.8, 4) is 5.75 Å². The highest BCUT2D eigenvalue weighted by molar-refractivity contribution is 5.47. The molecule has 0 aliphatic rings. The zero-order valence-corrected chi connectivity index (χ0v) is 9.65. The minimum absolute atomic E-state index is 0.0304. The molecule has 0 aromatic heterocycles. The first-order valence-corrected chi connectivity index (χ1v) is 5.01. The molecule has 1 rings (SSSR count). The molecule has 0 atom stereocenters. The van der Waals surface area contributed by atoms with Crippen molar-refractivity contribution < 1.29 is 10.0 Å². The number of phenolic OH excluding ortho intramolecular Hbond substituents is 1. The van der Waals surface area contributed by atoms with E-state index in [4.69, 9.17) is 0 Å². The Labute approximate surface area is 94.3 Å². The summed E-state index contributed by atoms with van der Waals surface area (Å²) in [6.07, 6.45) is 0. The Balaban J connectivity index is 2.78. The lowest BCUT2D eigenvalue weighted by atomic mass is 10.1. The van der Waals surface area contributed by atoms with Crippen molar-refractivity contribution >= 4 is 5.69 Å². The molecule has 1 aromatic carbocycles. The number of hydrogen-bond acceptors (Lipinski definition) is 4. The number of benzene rings is 1. The molecule has 0 radical (unpaired) electrons. The van der Waals surface area contributed by atoms with E-state index in [2.05, 4.69) is 5.32 Å². The van der Waals surface area contributed by atoms with Gasteiger partial charge in [-0.1, -0.05) is 6.07 Å². The average Bonchev–Trinajstić information content (AvgIpc) is 2.13. The lowest BCUT2D eigenvalue weighted by Gasteiger charge is -2.20. The molecule has 1 aromatic rings. The van der Waals surface area contributed by atoms with E-state index in [1.54, 1.807) is 6.07 Å². The van der Waals surface area contributed by atoms with Gasteiger partial charge in [0.25, 0.3) is 0 Å². The predicted octanol–water partition coefficient (Wildman–Crippen LogP) is 2.19. The summed E-state index contributed by atoms with van der Waals surface area (Å²) in [6.45, 7) is 6.64. The van der Waals surface area contributed by atoms with Crippen molar-refractivity contribution in [3.63, 3.8) is 0 Å². The van der Waals surface area contributed by atoms with E-state index in [1.807, 2.05) is 20.8 Å². The zero-order valence-electron chi connectivity index (χ0n) is 9.65. The molecule has 0 spiro atoms. The van der Waals surface area contributed by atoms with Crippen molar-refractivity contribution in [1.82, 2.24) is 5.32 Å². The Hall–Kier alpha value is -1.62. The van der Waals surface area contributed by atoms with Crippen LogP contribution in [0, 0.1) is 10.1 Å². The third kappa shape index (κ3) is 3.51. The molecule has 0 heterocycles. The lowest BCUT2D eigenvalue weighted by Crippen LogP contribution is -2.35. The maximum absolute atomic E-state index is 10.5. The largest absolute Gasteiger partial charge is 0.502 e. The minimum atomic E-state index is -0.601. The summed E-state index contributed by atoms with van der Waals surface area (Å²) in [5.74, 6) is -0.293. The molecule has 0 fully saturated rings. The van der Waals surface area contributed by atoms with Crippen LogP contribution in [-0.2, 0) is 6.54 Å². The van der Waals surface area contributed by atoms with Crippen LogP contribution in [0.15, 0.2) is 18.2 Å². The van der Waals surface area contributed by atoms with Crippen LogP contribution in [0.3, 0.4) is 0 Å². The molecule has 2 N–H and O–H groups in total. The standard InChI is InChI=1S/C11H16N2O3/c1-11(2,3)12-7-8-4-5-9(13(15)16)10(14)6-8/h4-6,12,14H,7H2,1-3H3. The highest BCUT2D eigenvalue weighted by Crippen LogP contribution is 2.26. The summed E-state index contributed by atoms with van der Waals surface area (Å²) < 4.78 is 0. The van der Waals surface area contributed by atoms with Crippen molar-refractivity contribution in [2.75, 3.05) is 0 Å². The fourth-order valence-electron chi connectivity index (χ4n) is 1.20. The molecule has 16 heavy (non-hydrogen) atoms. The first-order valence-electron chi connectivity index (χ1n) is 5.01. The van der Waals surface area contributed by atoms with Crippen molar-refractivity contribution in [2.24, 2.45) is 0 Å². The Morgan fingerprint density at radius 1 is 1.44 bits per heavy atom. The van der Waals surface area contributed by atoms with Crippen LogP contribution < -0.4 is 5.32 Å². The maximum atomic E-state index is 10.5. The number of nitrogens with zero attached hydrogens (tertiary/aromatic N) is 1. The highest BCUT2D eigenvalue weighted by atomic mass is 16.6. The number of aromatic hydroxyl groups is 1. The Morgan fingerprint density at radius 2 is 2.06 bits per heavy atom. The van der Waals surface area contributed by atoms with Crippen LogP contribution in [0.25, 0.3) is 0 Å². The number of nitro benzene ring substituents is 1. The first-order chi connectivity index (χ1) is 7.29. The molecule has 0 saturated carbocycles. The van der Waals surface area contributed by atoms with Gasteiger partial charge >= 0.3 is 5.69 Å². The van der Waals surface area contributed by atoms with E-state index < -0.39 is 4.92 Å². The van der Waals surface area contributed by atoms with Gasteiger partial charge in [-0.3, -0.25) is 10.1 Å². The number of rotatable bonds is 3. The smallest absolute Gasteiger partial charge is 0.310 e. The van der Waals surface area contributed by atoms with E-state index in [9.17, 15) is 15.2 Å². The normalized spacial score (nSPS) is 11.4. The predicted molar refractivity (Wildman–Crippen MR) is 61.4 cm³/mol. The van der Waals surface area contributed by atoms with E-state index >= 15 is 0 Å². The number of nitrogens with one attached hydrogen (secondary N) is 1. The summed E-state index contributed by atoms with van der Waals surface area (Å²) in [5, 5.41) is 23.1. The number of hydrogen-bond donors (Lipinski definition) is 2. The second-order valence-electron chi connectivity index (χ2n) is 4.68. The summed E-state index contributed by atoms with van der Waals surface area (Å²) in [7, 11) is 0. The molecule has 0 saturated heterocycles. The average molecular weight is 224 g/mol. The van der Waals surface area contributed by atoms with Crippen molar-refractivity contribution in [2.45, 2.75) is 32.9 Å². The van der Waals surface area contributed by atoms with Crippen LogP contribution >= 0.6 is 0 Å². The molecule has 5 heteroatoms. The van der Waals surface area contributed by atoms with Crippen LogP contribution in [0.2, 0.25) is 0 Å². The van der Waals surface area contributed by atoms with Crippen LogP contribution in [0.1, 0.15) is 26.3 Å². The zero-order chi connectivity index (χ0) is 12.3.